The van der Waals surface area contributed by atoms with Gasteiger partial charge in [-0.05, 0) is 43.5 Å². The standard InChI is InChI=1S/C22H20N4O3S/c1-13-6-8-15(9-7-13)23-19(27)12-26(3)22(28)16-11-17(18-5-4-10-30-18)24-21-20(16)14(2)25-29-21/h4-11H,12H2,1-3H3,(H,23,27). The van der Waals surface area contributed by atoms with Gasteiger partial charge in [0.1, 0.15) is 0 Å². The van der Waals surface area contributed by atoms with Gasteiger partial charge >= 0.3 is 0 Å². The van der Waals surface area contributed by atoms with Crippen molar-refractivity contribution < 1.29 is 14.1 Å². The number of nitrogens with one attached hydrogen (secondary N) is 1. The number of hydrogen-bond acceptors (Lipinski definition) is 6. The maximum Gasteiger partial charge on any atom is 0.259 e. The van der Waals surface area contributed by atoms with Gasteiger partial charge in [-0.15, -0.1) is 11.3 Å². The molecule has 0 aliphatic heterocycles. The molecule has 0 fully saturated rings. The molecule has 0 aliphatic carbocycles. The Kier molecular flexibility index (Phi) is 5.33. The molecule has 30 heavy (non-hydrogen) atoms. The molecule has 0 radical (unpaired) electrons. The molecule has 4 aromatic rings. The number of anilines is 1. The maximum absolute atomic E-state index is 13.2. The quantitative estimate of drug-likeness (QED) is 0.521. The van der Waals surface area contributed by atoms with Crippen LogP contribution in [0.2, 0.25) is 0 Å². The number of fused-ring (bicyclic) bond motifs is 1. The molecule has 0 aliphatic rings. The summed E-state index contributed by atoms with van der Waals surface area (Å²) < 4.78 is 5.32. The number of aromatic nitrogens is 2. The van der Waals surface area contributed by atoms with Gasteiger partial charge in [0.25, 0.3) is 11.6 Å². The van der Waals surface area contributed by atoms with Crippen molar-refractivity contribution in [3.05, 3.63) is 64.7 Å². The monoisotopic (exact) mass is 420 g/mol. The fourth-order valence-electron chi connectivity index (χ4n) is 3.14. The van der Waals surface area contributed by atoms with E-state index in [1.165, 1.54) is 16.2 Å². The minimum Gasteiger partial charge on any atom is -0.335 e. The van der Waals surface area contributed by atoms with E-state index in [4.69, 9.17) is 4.52 Å². The number of rotatable bonds is 5. The Morgan fingerprint density at radius 1 is 1.17 bits per heavy atom. The fourth-order valence-corrected chi connectivity index (χ4v) is 3.83. The normalized spacial score (nSPS) is 10.9. The highest BCUT2D eigenvalue weighted by atomic mass is 32.1. The van der Waals surface area contributed by atoms with E-state index in [0.717, 1.165) is 10.4 Å². The highest BCUT2D eigenvalue weighted by Gasteiger charge is 2.23. The second-order valence-corrected chi connectivity index (χ2v) is 8.00. The van der Waals surface area contributed by atoms with Gasteiger partial charge in [0.05, 0.1) is 33.8 Å². The SMILES string of the molecule is Cc1ccc(NC(=O)CN(C)C(=O)c2cc(-c3cccs3)nc3onc(C)c23)cc1. The van der Waals surface area contributed by atoms with Crippen molar-refractivity contribution in [1.29, 1.82) is 0 Å². The molecule has 2 amide bonds. The molecule has 1 N–H and O–H groups in total. The Morgan fingerprint density at radius 2 is 1.93 bits per heavy atom. The number of thiophene rings is 1. The van der Waals surface area contributed by atoms with Crippen LogP contribution in [0, 0.1) is 13.8 Å². The topological polar surface area (TPSA) is 88.3 Å². The third-order valence-electron chi connectivity index (χ3n) is 4.68. The van der Waals surface area contributed by atoms with Crippen LogP contribution >= 0.6 is 11.3 Å². The van der Waals surface area contributed by atoms with Crippen LogP contribution in [0.15, 0.2) is 52.4 Å². The summed E-state index contributed by atoms with van der Waals surface area (Å²) in [5, 5.41) is 9.27. The van der Waals surface area contributed by atoms with Gasteiger partial charge in [0.2, 0.25) is 5.91 Å². The molecule has 4 rings (SSSR count). The van der Waals surface area contributed by atoms with E-state index >= 15 is 0 Å². The van der Waals surface area contributed by atoms with E-state index in [-0.39, 0.29) is 18.4 Å². The van der Waals surface area contributed by atoms with Crippen LogP contribution in [0.3, 0.4) is 0 Å². The number of nitrogens with zero attached hydrogens (tertiary/aromatic N) is 3. The Bertz CT molecular complexity index is 1210. The highest BCUT2D eigenvalue weighted by molar-refractivity contribution is 7.13. The van der Waals surface area contributed by atoms with Crippen molar-refractivity contribution in [1.82, 2.24) is 15.0 Å². The Morgan fingerprint density at radius 3 is 2.63 bits per heavy atom. The summed E-state index contributed by atoms with van der Waals surface area (Å²) in [7, 11) is 1.59. The average molecular weight is 420 g/mol. The number of pyridine rings is 1. The first-order valence-electron chi connectivity index (χ1n) is 9.35. The van der Waals surface area contributed by atoms with Crippen LogP contribution in [-0.4, -0.2) is 40.4 Å². The van der Waals surface area contributed by atoms with Crippen molar-refractivity contribution in [3.8, 4) is 10.6 Å². The number of carbonyl (C=O) groups excluding carboxylic acids is 2. The zero-order valence-corrected chi connectivity index (χ0v) is 17.6. The first-order valence-corrected chi connectivity index (χ1v) is 10.2. The molecule has 8 heteroatoms. The predicted molar refractivity (Wildman–Crippen MR) is 117 cm³/mol. The van der Waals surface area contributed by atoms with Gasteiger partial charge < -0.3 is 14.7 Å². The first kappa shape index (κ1) is 19.8. The second kappa shape index (κ2) is 8.08. The van der Waals surface area contributed by atoms with Crippen LogP contribution in [0.4, 0.5) is 5.69 Å². The summed E-state index contributed by atoms with van der Waals surface area (Å²) in [4.78, 5) is 32.4. The van der Waals surface area contributed by atoms with Gasteiger partial charge in [-0.3, -0.25) is 9.59 Å². The smallest absolute Gasteiger partial charge is 0.259 e. The van der Waals surface area contributed by atoms with Gasteiger partial charge in [0, 0.05) is 12.7 Å². The van der Waals surface area contributed by atoms with Crippen molar-refractivity contribution in [2.75, 3.05) is 18.9 Å². The van der Waals surface area contributed by atoms with E-state index in [0.29, 0.717) is 33.7 Å². The lowest BCUT2D eigenvalue weighted by Crippen LogP contribution is -2.35. The molecule has 0 saturated carbocycles. The lowest BCUT2D eigenvalue weighted by atomic mass is 10.1. The van der Waals surface area contributed by atoms with Gasteiger partial charge in [-0.1, -0.05) is 28.9 Å². The van der Waals surface area contributed by atoms with Crippen LogP contribution in [-0.2, 0) is 4.79 Å². The van der Waals surface area contributed by atoms with Crippen molar-refractivity contribution in [2.24, 2.45) is 0 Å². The van der Waals surface area contributed by atoms with Crippen molar-refractivity contribution >= 4 is 39.9 Å². The van der Waals surface area contributed by atoms with E-state index in [9.17, 15) is 9.59 Å². The molecule has 0 atom stereocenters. The van der Waals surface area contributed by atoms with Gasteiger partial charge in [0.15, 0.2) is 0 Å². The number of carbonyl (C=O) groups is 2. The van der Waals surface area contributed by atoms with E-state index in [1.54, 1.807) is 20.0 Å². The molecule has 0 bridgehead atoms. The number of amides is 2. The van der Waals surface area contributed by atoms with Gasteiger partial charge in [-0.2, -0.15) is 0 Å². The largest absolute Gasteiger partial charge is 0.335 e. The summed E-state index contributed by atoms with van der Waals surface area (Å²) in [6, 6.07) is 13.1. The zero-order valence-electron chi connectivity index (χ0n) is 16.8. The molecule has 0 unspecified atom stereocenters. The summed E-state index contributed by atoms with van der Waals surface area (Å²) in [5.74, 6) is -0.578. The second-order valence-electron chi connectivity index (χ2n) is 7.06. The number of benzene rings is 1. The van der Waals surface area contributed by atoms with Crippen LogP contribution in [0.1, 0.15) is 21.6 Å². The van der Waals surface area contributed by atoms with Crippen molar-refractivity contribution in [2.45, 2.75) is 13.8 Å². The Labute approximate surface area is 177 Å². The third-order valence-corrected chi connectivity index (χ3v) is 5.58. The summed E-state index contributed by atoms with van der Waals surface area (Å²) in [6.45, 7) is 3.65. The van der Waals surface area contributed by atoms with Crippen molar-refractivity contribution in [3.63, 3.8) is 0 Å². The summed E-state index contributed by atoms with van der Waals surface area (Å²) in [5.41, 5.74) is 3.72. The molecule has 152 valence electrons. The molecule has 7 nitrogen and oxygen atoms in total. The maximum atomic E-state index is 13.2. The minimum atomic E-state index is -0.300. The Hall–Kier alpha value is -3.52. The molecular formula is C22H20N4O3S. The van der Waals surface area contributed by atoms with Gasteiger partial charge in [-0.25, -0.2) is 4.98 Å². The van der Waals surface area contributed by atoms with Crippen LogP contribution < -0.4 is 5.32 Å². The molecule has 3 aromatic heterocycles. The lowest BCUT2D eigenvalue weighted by Gasteiger charge is -2.17. The number of aryl methyl sites for hydroxylation is 2. The number of likely N-dealkylation sites (N-methyl/N-ethyl adjacent to an activating group) is 1. The summed E-state index contributed by atoms with van der Waals surface area (Å²) in [6.07, 6.45) is 0. The molecule has 1 aromatic carbocycles. The van der Waals surface area contributed by atoms with Crippen LogP contribution in [0.5, 0.6) is 0 Å². The first-order chi connectivity index (χ1) is 14.4. The highest BCUT2D eigenvalue weighted by Crippen LogP contribution is 2.30. The average Bonchev–Trinajstić information content (AvgIpc) is 3.39. The molecule has 0 spiro atoms. The van der Waals surface area contributed by atoms with E-state index < -0.39 is 0 Å². The molecular weight excluding hydrogens is 400 g/mol. The van der Waals surface area contributed by atoms with E-state index in [1.807, 2.05) is 48.7 Å². The third kappa shape index (κ3) is 3.95. The van der Waals surface area contributed by atoms with Crippen LogP contribution in [0.25, 0.3) is 21.7 Å². The summed E-state index contributed by atoms with van der Waals surface area (Å²) >= 11 is 1.52. The minimum absolute atomic E-state index is 0.0881. The zero-order chi connectivity index (χ0) is 21.3. The Balaban J connectivity index is 1.59. The number of hydrogen-bond donors (Lipinski definition) is 1. The van der Waals surface area contributed by atoms with E-state index in [2.05, 4.69) is 15.5 Å². The molecule has 0 saturated heterocycles. The lowest BCUT2D eigenvalue weighted by molar-refractivity contribution is -0.116. The fraction of sp³-hybridized carbons (Fsp3) is 0.182. The molecule has 3 heterocycles. The predicted octanol–water partition coefficient (Wildman–Crippen LogP) is 4.28.